The van der Waals surface area contributed by atoms with Crippen molar-refractivity contribution in [1.82, 2.24) is 10.1 Å². The number of esters is 2. The SMILES string of the molecule is COc1c(I)cccc1CN1O[C@@H](CN=[N+]=[N-])[C@H]2[C@H](C)OC(=O)[C@H]21.COc1c(I)cccc1CN1O[C@@H](CO)[C@H]2[C@H](C)OC(=O)[C@H]21. The molecule has 6 rings (SSSR count). The number of aliphatic hydroxyl groups excluding tert-OH is 1. The number of ether oxygens (including phenoxy) is 4. The van der Waals surface area contributed by atoms with Crippen LogP contribution in [-0.2, 0) is 41.8 Å². The van der Waals surface area contributed by atoms with Crippen LogP contribution in [0.5, 0.6) is 11.5 Å². The molecule has 2 aromatic carbocycles. The Morgan fingerprint density at radius 1 is 0.848 bits per heavy atom. The Kier molecular flexibility index (Phi) is 11.5. The fraction of sp³-hybridized carbons (Fsp3) is 0.533. The van der Waals surface area contributed by atoms with Crippen molar-refractivity contribution in [3.05, 3.63) is 65.1 Å². The van der Waals surface area contributed by atoms with Crippen molar-refractivity contribution in [2.75, 3.05) is 27.4 Å². The van der Waals surface area contributed by atoms with Gasteiger partial charge in [0, 0.05) is 16.0 Å². The molecule has 16 heteroatoms. The molecule has 0 radical (unpaired) electrons. The first-order valence-corrected chi connectivity index (χ1v) is 16.8. The number of aliphatic hydroxyl groups is 1. The second-order valence-corrected chi connectivity index (χ2v) is 13.6. The number of cyclic esters (lactones) is 2. The van der Waals surface area contributed by atoms with E-state index in [0.717, 1.165) is 29.8 Å². The van der Waals surface area contributed by atoms with Crippen molar-refractivity contribution in [3.63, 3.8) is 0 Å². The average molecular weight is 863 g/mol. The first kappa shape index (κ1) is 34.9. The molecule has 4 aliphatic heterocycles. The van der Waals surface area contributed by atoms with Gasteiger partial charge in [0.25, 0.3) is 0 Å². The van der Waals surface area contributed by atoms with Crippen molar-refractivity contribution in [1.29, 1.82) is 0 Å². The van der Waals surface area contributed by atoms with Crippen LogP contribution < -0.4 is 9.47 Å². The molecule has 4 saturated heterocycles. The molecule has 0 aliphatic carbocycles. The molecule has 14 nitrogen and oxygen atoms in total. The van der Waals surface area contributed by atoms with E-state index in [1.807, 2.05) is 50.2 Å². The Bertz CT molecular complexity index is 1490. The van der Waals surface area contributed by atoms with E-state index in [9.17, 15) is 14.7 Å². The number of methoxy groups -OCH3 is 2. The van der Waals surface area contributed by atoms with Crippen LogP contribution in [0.3, 0.4) is 0 Å². The number of carbonyl (C=O) groups excluding carboxylic acids is 2. The van der Waals surface area contributed by atoms with Crippen molar-refractivity contribution < 1.29 is 43.3 Å². The van der Waals surface area contributed by atoms with Gasteiger partial charge >= 0.3 is 11.9 Å². The summed E-state index contributed by atoms with van der Waals surface area (Å²) in [6.45, 7) is 4.49. The van der Waals surface area contributed by atoms with Crippen LogP contribution >= 0.6 is 45.2 Å². The Morgan fingerprint density at radius 2 is 1.30 bits per heavy atom. The summed E-state index contributed by atoms with van der Waals surface area (Å²) in [5.41, 5.74) is 10.4. The van der Waals surface area contributed by atoms with E-state index in [2.05, 4.69) is 55.2 Å². The number of halogens is 2. The van der Waals surface area contributed by atoms with Crippen molar-refractivity contribution in [2.24, 2.45) is 17.0 Å². The smallest absolute Gasteiger partial charge is 0.326 e. The number of para-hydroxylation sites is 2. The minimum absolute atomic E-state index is 0.137. The van der Waals surface area contributed by atoms with E-state index < -0.39 is 18.2 Å². The number of fused-ring (bicyclic) bond motifs is 2. The third-order valence-electron chi connectivity index (χ3n) is 8.58. The first-order chi connectivity index (χ1) is 22.1. The summed E-state index contributed by atoms with van der Waals surface area (Å²) in [6.07, 6.45) is -1.32. The van der Waals surface area contributed by atoms with Crippen LogP contribution in [0, 0.1) is 19.0 Å². The Labute approximate surface area is 293 Å². The number of hydrogen-bond donors (Lipinski definition) is 1. The normalized spacial score (nSPS) is 30.1. The van der Waals surface area contributed by atoms with Crippen LogP contribution in [-0.4, -0.2) is 91.0 Å². The van der Waals surface area contributed by atoms with Gasteiger partial charge in [0.05, 0.1) is 65.5 Å². The van der Waals surface area contributed by atoms with E-state index in [0.29, 0.717) is 13.1 Å². The summed E-state index contributed by atoms with van der Waals surface area (Å²) < 4.78 is 23.5. The van der Waals surface area contributed by atoms with Gasteiger partial charge in [0.1, 0.15) is 41.9 Å². The zero-order valence-corrected chi connectivity index (χ0v) is 29.9. The molecule has 0 unspecified atom stereocenters. The molecular weight excluding hydrogens is 828 g/mol. The number of nitrogens with zero attached hydrogens (tertiary/aromatic N) is 5. The standard InChI is InChI=1S/C15H17IN4O4.C15H18INO5/c1-8-12-11(6-18-19-17)24-20(13(12)15(21)23-8)7-9-4-3-5-10(16)14(9)22-2;1-8-12-11(7-18)22-17(13(12)15(19)21-8)6-9-4-3-5-10(16)14(9)20-2/h3-5,8,11-13H,6-7H2,1-2H3;3-5,8,11-13,18H,6-7H2,1-2H3/t2*8-,11-,12+,13-/m00/s1. The predicted molar refractivity (Wildman–Crippen MR) is 179 cm³/mol. The van der Waals surface area contributed by atoms with Gasteiger partial charge in [0.15, 0.2) is 0 Å². The summed E-state index contributed by atoms with van der Waals surface area (Å²) >= 11 is 4.41. The molecule has 0 aromatic heterocycles. The number of carbonyl (C=O) groups is 2. The molecule has 0 saturated carbocycles. The lowest BCUT2D eigenvalue weighted by atomic mass is 9.92. The van der Waals surface area contributed by atoms with E-state index in [-0.39, 0.29) is 55.2 Å². The minimum Gasteiger partial charge on any atom is -0.495 e. The number of benzene rings is 2. The maximum absolute atomic E-state index is 12.2. The van der Waals surface area contributed by atoms with Crippen LogP contribution in [0.25, 0.3) is 10.4 Å². The second kappa shape index (κ2) is 15.2. The third kappa shape index (κ3) is 6.89. The van der Waals surface area contributed by atoms with Crippen molar-refractivity contribution in [3.8, 4) is 11.5 Å². The zero-order chi connectivity index (χ0) is 33.1. The summed E-state index contributed by atoms with van der Waals surface area (Å²) in [5.74, 6) is 0.632. The third-order valence-corrected chi connectivity index (χ3v) is 10.3. The molecular formula is C30H35I2N5O9. The number of hydroxylamine groups is 4. The van der Waals surface area contributed by atoms with Gasteiger partial charge in [0.2, 0.25) is 0 Å². The highest BCUT2D eigenvalue weighted by atomic mass is 127. The monoisotopic (exact) mass is 863 g/mol. The number of rotatable bonds is 9. The lowest BCUT2D eigenvalue weighted by Gasteiger charge is -2.21. The highest BCUT2D eigenvalue weighted by Crippen LogP contribution is 2.41. The Hall–Kier alpha value is -2.45. The molecule has 4 heterocycles. The van der Waals surface area contributed by atoms with Crippen LogP contribution in [0.4, 0.5) is 0 Å². The molecule has 4 fully saturated rings. The van der Waals surface area contributed by atoms with Gasteiger partial charge in [-0.1, -0.05) is 29.4 Å². The zero-order valence-electron chi connectivity index (χ0n) is 25.6. The second-order valence-electron chi connectivity index (χ2n) is 11.2. The summed E-state index contributed by atoms with van der Waals surface area (Å²) in [7, 11) is 3.24. The topological polar surface area (TPSA) is 165 Å². The molecule has 0 amide bonds. The lowest BCUT2D eigenvalue weighted by molar-refractivity contribution is -0.195. The molecule has 2 aromatic rings. The van der Waals surface area contributed by atoms with Gasteiger partial charge in [-0.2, -0.15) is 10.1 Å². The highest BCUT2D eigenvalue weighted by Gasteiger charge is 2.57. The van der Waals surface area contributed by atoms with E-state index in [1.54, 1.807) is 24.3 Å². The molecule has 0 bridgehead atoms. The molecule has 1 N–H and O–H groups in total. The van der Waals surface area contributed by atoms with Crippen LogP contribution in [0.15, 0.2) is 41.5 Å². The fourth-order valence-corrected chi connectivity index (χ4v) is 8.14. The molecule has 8 atom stereocenters. The van der Waals surface area contributed by atoms with Crippen LogP contribution in [0.1, 0.15) is 25.0 Å². The lowest BCUT2D eigenvalue weighted by Crippen LogP contribution is -2.35. The largest absolute Gasteiger partial charge is 0.495 e. The molecule has 4 aliphatic rings. The maximum atomic E-state index is 12.2. The van der Waals surface area contributed by atoms with Crippen LogP contribution in [0.2, 0.25) is 0 Å². The van der Waals surface area contributed by atoms with Gasteiger partial charge in [-0.25, -0.2) is 0 Å². The molecule has 248 valence electrons. The molecule has 46 heavy (non-hydrogen) atoms. The van der Waals surface area contributed by atoms with E-state index >= 15 is 0 Å². The molecule has 0 spiro atoms. The minimum atomic E-state index is -0.499. The number of hydrogen-bond acceptors (Lipinski definition) is 12. The summed E-state index contributed by atoms with van der Waals surface area (Å²) in [5, 5.41) is 16.3. The Balaban J connectivity index is 0.000000182. The average Bonchev–Trinajstić information content (AvgIpc) is 3.75. The summed E-state index contributed by atoms with van der Waals surface area (Å²) in [6, 6.07) is 10.7. The van der Waals surface area contributed by atoms with Gasteiger partial charge < -0.3 is 24.1 Å². The maximum Gasteiger partial charge on any atom is 0.326 e. The van der Waals surface area contributed by atoms with E-state index in [4.69, 9.17) is 34.2 Å². The number of azide groups is 1. The van der Waals surface area contributed by atoms with E-state index in [1.165, 1.54) is 0 Å². The summed E-state index contributed by atoms with van der Waals surface area (Å²) in [4.78, 5) is 38.8. The highest BCUT2D eigenvalue weighted by molar-refractivity contribution is 14.1. The Morgan fingerprint density at radius 3 is 1.74 bits per heavy atom. The van der Waals surface area contributed by atoms with Gasteiger partial charge in [-0.05, 0) is 76.7 Å². The fourth-order valence-electron chi connectivity index (χ4n) is 6.59. The van der Waals surface area contributed by atoms with Crippen molar-refractivity contribution in [2.45, 2.75) is 63.4 Å². The van der Waals surface area contributed by atoms with Gasteiger partial charge in [-0.3, -0.25) is 19.3 Å². The van der Waals surface area contributed by atoms with Crippen molar-refractivity contribution >= 4 is 57.1 Å². The van der Waals surface area contributed by atoms with Gasteiger partial charge in [-0.15, -0.1) is 0 Å². The predicted octanol–water partition coefficient (Wildman–Crippen LogP) is 3.99. The quantitative estimate of drug-likeness (QED) is 0.128. The first-order valence-electron chi connectivity index (χ1n) is 14.7.